The Labute approximate surface area is 98.7 Å². The van der Waals surface area contributed by atoms with E-state index in [1.165, 1.54) is 19.3 Å². The highest BCUT2D eigenvalue weighted by Gasteiger charge is 2.45. The van der Waals surface area contributed by atoms with Crippen LogP contribution in [-0.4, -0.2) is 30.5 Å². The second-order valence-electron chi connectivity index (χ2n) is 5.41. The number of piperidine rings is 1. The van der Waals surface area contributed by atoms with Gasteiger partial charge in [0.15, 0.2) is 0 Å². The highest BCUT2D eigenvalue weighted by atomic mass is 35.5. The molecule has 0 aliphatic carbocycles. The van der Waals surface area contributed by atoms with Gasteiger partial charge in [-0.25, -0.2) is 0 Å². The summed E-state index contributed by atoms with van der Waals surface area (Å²) in [6, 6.07) is 0.470. The molecule has 2 saturated heterocycles. The zero-order valence-corrected chi connectivity index (χ0v) is 10.7. The average molecular weight is 235 g/mol. The van der Waals surface area contributed by atoms with Crippen LogP contribution in [0.3, 0.4) is 0 Å². The van der Waals surface area contributed by atoms with Gasteiger partial charge in [0.25, 0.3) is 0 Å². The number of halogens is 1. The lowest BCUT2D eigenvalue weighted by Gasteiger charge is -2.37. The van der Waals surface area contributed by atoms with Gasteiger partial charge in [-0.15, -0.1) is 12.4 Å². The van der Waals surface area contributed by atoms with Crippen LogP contribution in [0.1, 0.15) is 40.0 Å². The van der Waals surface area contributed by atoms with Crippen molar-refractivity contribution in [2.75, 3.05) is 13.2 Å². The second kappa shape index (κ2) is 4.58. The van der Waals surface area contributed by atoms with Gasteiger partial charge in [0.05, 0.1) is 6.61 Å². The molecular weight excluding hydrogens is 212 g/mol. The summed E-state index contributed by atoms with van der Waals surface area (Å²) >= 11 is 0. The van der Waals surface area contributed by atoms with E-state index in [-0.39, 0.29) is 23.7 Å². The summed E-state index contributed by atoms with van der Waals surface area (Å²) in [6.07, 6.45) is 3.84. The van der Waals surface area contributed by atoms with Crippen LogP contribution in [0.25, 0.3) is 0 Å². The minimum Gasteiger partial charge on any atom is -0.357 e. The van der Waals surface area contributed by atoms with Crippen LogP contribution in [0.5, 0.6) is 0 Å². The lowest BCUT2D eigenvalue weighted by molar-refractivity contribution is -0.0320. The van der Waals surface area contributed by atoms with E-state index in [9.17, 15) is 0 Å². The molecular formula is C11H23ClN2O. The molecule has 2 unspecified atom stereocenters. The Morgan fingerprint density at radius 1 is 1.20 bits per heavy atom. The normalized spacial score (nSPS) is 39.8. The van der Waals surface area contributed by atoms with Crippen molar-refractivity contribution >= 4 is 12.4 Å². The molecule has 2 heterocycles. The Morgan fingerprint density at radius 3 is 2.40 bits per heavy atom. The topological polar surface area (TPSA) is 33.3 Å². The summed E-state index contributed by atoms with van der Waals surface area (Å²) < 4.78 is 5.92. The Hall–Kier alpha value is 0.170. The Kier molecular flexibility index (Phi) is 4.04. The van der Waals surface area contributed by atoms with Gasteiger partial charge < -0.3 is 10.1 Å². The fraction of sp³-hybridized carbons (Fsp3) is 1.00. The molecule has 2 rings (SSSR count). The van der Waals surface area contributed by atoms with Crippen LogP contribution in [0.4, 0.5) is 0 Å². The molecule has 0 saturated carbocycles. The molecule has 0 aromatic rings. The first-order chi connectivity index (χ1) is 6.52. The smallest absolute Gasteiger partial charge is 0.132 e. The number of nitrogens with one attached hydrogen (secondary N) is 2. The quantitative estimate of drug-likeness (QED) is 0.724. The summed E-state index contributed by atoms with van der Waals surface area (Å²) in [5.74, 6) is 0. The fourth-order valence-electron chi connectivity index (χ4n) is 2.58. The largest absolute Gasteiger partial charge is 0.357 e. The van der Waals surface area contributed by atoms with Crippen molar-refractivity contribution in [2.24, 2.45) is 0 Å². The summed E-state index contributed by atoms with van der Waals surface area (Å²) in [5.41, 5.74) is -0.0439. The predicted octanol–water partition coefficient (Wildman–Crippen LogP) is 1.66. The third kappa shape index (κ3) is 2.84. The van der Waals surface area contributed by atoms with Crippen molar-refractivity contribution in [2.45, 2.75) is 57.3 Å². The monoisotopic (exact) mass is 234 g/mol. The molecule has 2 atom stereocenters. The molecule has 2 aliphatic heterocycles. The van der Waals surface area contributed by atoms with Gasteiger partial charge in [-0.1, -0.05) is 6.42 Å². The molecule has 90 valence electrons. The third-order valence-electron chi connectivity index (χ3n) is 3.29. The van der Waals surface area contributed by atoms with Crippen molar-refractivity contribution in [3.63, 3.8) is 0 Å². The summed E-state index contributed by atoms with van der Waals surface area (Å²) in [6.45, 7) is 8.50. The van der Waals surface area contributed by atoms with Crippen molar-refractivity contribution in [3.8, 4) is 0 Å². The van der Waals surface area contributed by atoms with Crippen LogP contribution in [0.15, 0.2) is 0 Å². The van der Waals surface area contributed by atoms with Crippen molar-refractivity contribution in [1.82, 2.24) is 10.6 Å². The van der Waals surface area contributed by atoms with E-state index in [0.29, 0.717) is 6.04 Å². The van der Waals surface area contributed by atoms with Crippen LogP contribution in [0.2, 0.25) is 0 Å². The highest BCUT2D eigenvalue weighted by Crippen LogP contribution is 2.29. The summed E-state index contributed by atoms with van der Waals surface area (Å²) in [4.78, 5) is 0. The third-order valence-corrected chi connectivity index (χ3v) is 3.29. The maximum Gasteiger partial charge on any atom is 0.132 e. The average Bonchev–Trinajstić information content (AvgIpc) is 2.44. The van der Waals surface area contributed by atoms with Crippen LogP contribution in [0, 0.1) is 0 Å². The minimum absolute atomic E-state index is 0. The predicted molar refractivity (Wildman–Crippen MR) is 64.5 cm³/mol. The molecule has 4 heteroatoms. The number of hydrogen-bond donors (Lipinski definition) is 2. The molecule has 0 bridgehead atoms. The highest BCUT2D eigenvalue weighted by molar-refractivity contribution is 5.85. The van der Waals surface area contributed by atoms with Crippen LogP contribution in [-0.2, 0) is 4.74 Å². The number of ether oxygens (including phenoxy) is 1. The summed E-state index contributed by atoms with van der Waals surface area (Å²) in [7, 11) is 0. The lowest BCUT2D eigenvalue weighted by atomic mass is 9.95. The molecule has 0 aromatic carbocycles. The lowest BCUT2D eigenvalue weighted by Crippen LogP contribution is -2.59. The van der Waals surface area contributed by atoms with E-state index < -0.39 is 0 Å². The van der Waals surface area contributed by atoms with Gasteiger partial charge >= 0.3 is 0 Å². The van der Waals surface area contributed by atoms with E-state index in [4.69, 9.17) is 4.74 Å². The zero-order valence-electron chi connectivity index (χ0n) is 9.93. The standard InChI is InChI=1S/C11H22N2O.ClH/c1-10(2)8-14-11(3,13-10)9-6-4-5-7-12-9;/h9,12-13H,4-8H2,1-3H3;1H. The van der Waals surface area contributed by atoms with Gasteiger partial charge in [0.2, 0.25) is 0 Å². The molecule has 0 radical (unpaired) electrons. The molecule has 2 fully saturated rings. The van der Waals surface area contributed by atoms with Crippen LogP contribution < -0.4 is 10.6 Å². The Bertz CT molecular complexity index is 217. The maximum atomic E-state index is 5.92. The van der Waals surface area contributed by atoms with Gasteiger partial charge in [-0.3, -0.25) is 5.32 Å². The van der Waals surface area contributed by atoms with Gasteiger partial charge in [-0.05, 0) is 40.2 Å². The summed E-state index contributed by atoms with van der Waals surface area (Å²) in [5, 5.41) is 7.14. The van der Waals surface area contributed by atoms with Gasteiger partial charge in [-0.2, -0.15) is 0 Å². The molecule has 2 aliphatic rings. The van der Waals surface area contributed by atoms with Crippen molar-refractivity contribution in [1.29, 1.82) is 0 Å². The minimum atomic E-state index is -0.163. The van der Waals surface area contributed by atoms with E-state index >= 15 is 0 Å². The molecule has 0 aromatic heterocycles. The Balaban J connectivity index is 0.00000112. The molecule has 0 amide bonds. The zero-order chi connectivity index (χ0) is 10.2. The molecule has 3 nitrogen and oxygen atoms in total. The van der Waals surface area contributed by atoms with Crippen molar-refractivity contribution in [3.05, 3.63) is 0 Å². The first-order valence-electron chi connectivity index (χ1n) is 5.69. The first-order valence-corrected chi connectivity index (χ1v) is 5.69. The molecule has 2 N–H and O–H groups in total. The first kappa shape index (κ1) is 13.2. The number of hydrogen-bond acceptors (Lipinski definition) is 3. The molecule has 0 spiro atoms. The van der Waals surface area contributed by atoms with Gasteiger partial charge in [0, 0.05) is 11.6 Å². The van der Waals surface area contributed by atoms with Crippen LogP contribution >= 0.6 is 12.4 Å². The fourth-order valence-corrected chi connectivity index (χ4v) is 2.58. The molecule has 15 heavy (non-hydrogen) atoms. The Morgan fingerprint density at radius 2 is 1.93 bits per heavy atom. The van der Waals surface area contributed by atoms with E-state index in [1.54, 1.807) is 0 Å². The maximum absolute atomic E-state index is 5.92. The van der Waals surface area contributed by atoms with E-state index in [0.717, 1.165) is 13.2 Å². The van der Waals surface area contributed by atoms with Crippen molar-refractivity contribution < 1.29 is 4.74 Å². The van der Waals surface area contributed by atoms with E-state index in [2.05, 4.69) is 31.4 Å². The van der Waals surface area contributed by atoms with Gasteiger partial charge in [0.1, 0.15) is 5.72 Å². The number of rotatable bonds is 1. The second-order valence-corrected chi connectivity index (χ2v) is 5.41. The SMILES string of the molecule is CC1(C)COC(C)(C2CCCCN2)N1.Cl. The van der Waals surface area contributed by atoms with E-state index in [1.807, 2.05) is 0 Å².